The van der Waals surface area contributed by atoms with Crippen molar-refractivity contribution in [2.24, 2.45) is 0 Å². The number of imidazole rings is 1. The number of amides is 3. The summed E-state index contributed by atoms with van der Waals surface area (Å²) in [5.41, 5.74) is 1.54. The largest absolute Gasteiger partial charge is 0.354 e. The molecule has 3 aromatic rings. The number of nitrogens with one attached hydrogen (secondary N) is 1. The smallest absolute Gasteiger partial charge is 0.293 e. The van der Waals surface area contributed by atoms with Gasteiger partial charge in [0.25, 0.3) is 11.1 Å². The topological polar surface area (TPSA) is 83.8 Å². The molecular formula is C19H16N4O3S2. The molecule has 0 saturated carbocycles. The summed E-state index contributed by atoms with van der Waals surface area (Å²) < 4.78 is 1.87. The molecule has 3 heterocycles. The molecule has 0 bridgehead atoms. The second-order valence-electron chi connectivity index (χ2n) is 6.10. The fourth-order valence-corrected chi connectivity index (χ4v) is 4.37. The highest BCUT2D eigenvalue weighted by Gasteiger charge is 2.34. The summed E-state index contributed by atoms with van der Waals surface area (Å²) >= 11 is 2.42. The fraction of sp³-hybridized carbons (Fsp3) is 0.158. The monoisotopic (exact) mass is 412 g/mol. The molecular weight excluding hydrogens is 396 g/mol. The number of thiazole rings is 1. The molecule has 9 heteroatoms. The molecule has 1 fully saturated rings. The number of fused-ring (bicyclic) bond motifs is 1. The van der Waals surface area contributed by atoms with Crippen LogP contribution in [0.5, 0.6) is 0 Å². The number of imide groups is 1. The van der Waals surface area contributed by atoms with E-state index in [9.17, 15) is 14.4 Å². The third kappa shape index (κ3) is 4.00. The molecule has 28 heavy (non-hydrogen) atoms. The number of aromatic nitrogens is 2. The summed E-state index contributed by atoms with van der Waals surface area (Å²) in [5.74, 6) is -0.528. The van der Waals surface area contributed by atoms with E-state index in [0.717, 1.165) is 27.2 Å². The molecule has 7 nitrogen and oxygen atoms in total. The van der Waals surface area contributed by atoms with Gasteiger partial charge in [-0.15, -0.1) is 11.3 Å². The summed E-state index contributed by atoms with van der Waals surface area (Å²) in [5, 5.41) is 4.34. The van der Waals surface area contributed by atoms with Crippen LogP contribution in [-0.2, 0) is 16.0 Å². The minimum atomic E-state index is -0.331. The molecule has 0 unspecified atom stereocenters. The molecule has 1 aliphatic heterocycles. The molecule has 0 atom stereocenters. The summed E-state index contributed by atoms with van der Waals surface area (Å²) in [7, 11) is 0. The van der Waals surface area contributed by atoms with Crippen LogP contribution in [0.25, 0.3) is 11.0 Å². The summed E-state index contributed by atoms with van der Waals surface area (Å²) in [6, 6.07) is 9.37. The quantitative estimate of drug-likeness (QED) is 0.630. The van der Waals surface area contributed by atoms with Crippen molar-refractivity contribution in [3.8, 4) is 0 Å². The van der Waals surface area contributed by atoms with E-state index in [4.69, 9.17) is 0 Å². The SMILES string of the molecule is O=C(Cc1cn2ccsc2n1)NCCN1C(=O)S/C(=C\c2ccccc2)C1=O. The van der Waals surface area contributed by atoms with Crippen molar-refractivity contribution in [2.45, 2.75) is 6.42 Å². The van der Waals surface area contributed by atoms with Gasteiger partial charge in [-0.05, 0) is 23.4 Å². The molecule has 4 rings (SSSR count). The lowest BCUT2D eigenvalue weighted by Gasteiger charge is -2.12. The first-order chi connectivity index (χ1) is 13.6. The number of carbonyl (C=O) groups is 3. The maximum Gasteiger partial charge on any atom is 0.293 e. The third-order valence-corrected chi connectivity index (χ3v) is 5.79. The average Bonchev–Trinajstić information content (AvgIpc) is 3.32. The van der Waals surface area contributed by atoms with Gasteiger partial charge in [-0.2, -0.15) is 0 Å². The first kappa shape index (κ1) is 18.5. The van der Waals surface area contributed by atoms with Crippen LogP contribution in [0.1, 0.15) is 11.3 Å². The highest BCUT2D eigenvalue weighted by Crippen LogP contribution is 2.31. The van der Waals surface area contributed by atoms with Crippen LogP contribution in [0.3, 0.4) is 0 Å². The van der Waals surface area contributed by atoms with Crippen molar-refractivity contribution >= 4 is 51.2 Å². The molecule has 2 aromatic heterocycles. The third-order valence-electron chi connectivity index (χ3n) is 4.11. The number of hydrogen-bond donors (Lipinski definition) is 1. The zero-order valence-electron chi connectivity index (χ0n) is 14.7. The van der Waals surface area contributed by atoms with Crippen LogP contribution in [0.15, 0.2) is 53.0 Å². The Kier molecular flexibility index (Phi) is 5.27. The molecule has 0 radical (unpaired) electrons. The Hall–Kier alpha value is -2.91. The predicted octanol–water partition coefficient (Wildman–Crippen LogP) is 2.79. The first-order valence-electron chi connectivity index (χ1n) is 8.58. The van der Waals surface area contributed by atoms with Gasteiger partial charge in [0.05, 0.1) is 17.0 Å². The van der Waals surface area contributed by atoms with E-state index in [0.29, 0.717) is 10.6 Å². The molecule has 142 valence electrons. The van der Waals surface area contributed by atoms with Gasteiger partial charge < -0.3 is 5.32 Å². The van der Waals surface area contributed by atoms with Gasteiger partial charge in [0.15, 0.2) is 4.96 Å². The lowest BCUT2D eigenvalue weighted by molar-refractivity contribution is -0.124. The van der Waals surface area contributed by atoms with Crippen LogP contribution < -0.4 is 5.32 Å². The van der Waals surface area contributed by atoms with Crippen molar-refractivity contribution < 1.29 is 14.4 Å². The van der Waals surface area contributed by atoms with Gasteiger partial charge in [0.1, 0.15) is 0 Å². The molecule has 0 spiro atoms. The number of nitrogens with zero attached hydrogens (tertiary/aromatic N) is 3. The highest BCUT2D eigenvalue weighted by molar-refractivity contribution is 8.18. The normalized spacial score (nSPS) is 15.7. The summed E-state index contributed by atoms with van der Waals surface area (Å²) in [4.78, 5) is 43.4. The van der Waals surface area contributed by atoms with E-state index >= 15 is 0 Å². The van der Waals surface area contributed by atoms with Gasteiger partial charge in [0, 0.05) is 30.9 Å². The Morgan fingerprint density at radius 2 is 2.04 bits per heavy atom. The fourth-order valence-electron chi connectivity index (χ4n) is 2.79. The summed E-state index contributed by atoms with van der Waals surface area (Å²) in [6.45, 7) is 0.346. The second-order valence-corrected chi connectivity index (χ2v) is 7.96. The molecule has 1 N–H and O–H groups in total. The van der Waals surface area contributed by atoms with Crippen LogP contribution >= 0.6 is 23.1 Å². The predicted molar refractivity (Wildman–Crippen MR) is 109 cm³/mol. The average molecular weight is 412 g/mol. The molecule has 0 aliphatic carbocycles. The van der Waals surface area contributed by atoms with E-state index < -0.39 is 0 Å². The maximum atomic E-state index is 12.4. The van der Waals surface area contributed by atoms with E-state index in [1.807, 2.05) is 52.5 Å². The molecule has 3 amide bonds. The van der Waals surface area contributed by atoms with Crippen molar-refractivity contribution in [1.29, 1.82) is 0 Å². The maximum absolute atomic E-state index is 12.4. The number of rotatable bonds is 6. The molecule has 1 saturated heterocycles. The van der Waals surface area contributed by atoms with E-state index in [1.165, 1.54) is 11.3 Å². The number of hydrogen-bond acceptors (Lipinski definition) is 6. The van der Waals surface area contributed by atoms with Crippen molar-refractivity contribution in [2.75, 3.05) is 13.1 Å². The standard InChI is InChI=1S/C19H16N4O3S2/c24-16(11-14-12-22-8-9-27-18(22)21-14)20-6-7-23-17(25)15(28-19(23)26)10-13-4-2-1-3-5-13/h1-5,8-10,12H,6-7,11H2,(H,20,24)/b15-10-. The van der Waals surface area contributed by atoms with E-state index in [1.54, 1.807) is 6.08 Å². The van der Waals surface area contributed by atoms with E-state index in [2.05, 4.69) is 10.3 Å². The summed E-state index contributed by atoms with van der Waals surface area (Å²) in [6.07, 6.45) is 5.56. The minimum absolute atomic E-state index is 0.140. The van der Waals surface area contributed by atoms with Gasteiger partial charge in [-0.1, -0.05) is 30.3 Å². The number of thioether (sulfide) groups is 1. The Labute approximate surface area is 169 Å². The van der Waals surface area contributed by atoms with Gasteiger partial charge in [0.2, 0.25) is 5.91 Å². The van der Waals surface area contributed by atoms with E-state index in [-0.39, 0.29) is 36.6 Å². The van der Waals surface area contributed by atoms with Crippen LogP contribution in [-0.4, -0.2) is 44.4 Å². The zero-order chi connectivity index (χ0) is 19.5. The Morgan fingerprint density at radius 3 is 2.82 bits per heavy atom. The van der Waals surface area contributed by atoms with Gasteiger partial charge in [-0.3, -0.25) is 23.7 Å². The van der Waals surface area contributed by atoms with Crippen LogP contribution in [0, 0.1) is 0 Å². The highest BCUT2D eigenvalue weighted by atomic mass is 32.2. The molecule has 1 aromatic carbocycles. The van der Waals surface area contributed by atoms with Gasteiger partial charge in [-0.25, -0.2) is 4.98 Å². The van der Waals surface area contributed by atoms with Crippen molar-refractivity contribution in [1.82, 2.24) is 19.6 Å². The van der Waals surface area contributed by atoms with Crippen molar-refractivity contribution in [3.63, 3.8) is 0 Å². The van der Waals surface area contributed by atoms with Crippen molar-refractivity contribution in [3.05, 3.63) is 64.3 Å². The van der Waals surface area contributed by atoms with Crippen LogP contribution in [0.2, 0.25) is 0 Å². The lowest BCUT2D eigenvalue weighted by Crippen LogP contribution is -2.37. The minimum Gasteiger partial charge on any atom is -0.354 e. The lowest BCUT2D eigenvalue weighted by atomic mass is 10.2. The first-order valence-corrected chi connectivity index (χ1v) is 10.3. The Balaban J connectivity index is 1.30. The second kappa shape index (κ2) is 7.99. The number of carbonyl (C=O) groups excluding carboxylic acids is 3. The molecule has 1 aliphatic rings. The van der Waals surface area contributed by atoms with Crippen LogP contribution in [0.4, 0.5) is 4.79 Å². The Morgan fingerprint density at radius 1 is 1.21 bits per heavy atom. The number of benzene rings is 1. The zero-order valence-corrected chi connectivity index (χ0v) is 16.3. The van der Waals surface area contributed by atoms with Gasteiger partial charge >= 0.3 is 0 Å². The Bertz CT molecular complexity index is 1040.